The fraction of sp³-hybridized carbons (Fsp3) is 0.217. The highest BCUT2D eigenvalue weighted by molar-refractivity contribution is 5.76. The van der Waals surface area contributed by atoms with Crippen LogP contribution in [0.2, 0.25) is 0 Å². The van der Waals surface area contributed by atoms with Gasteiger partial charge in [-0.1, -0.05) is 22.9 Å². The van der Waals surface area contributed by atoms with Crippen LogP contribution in [0.1, 0.15) is 12.5 Å². The van der Waals surface area contributed by atoms with Crippen LogP contribution in [0.4, 0.5) is 16.0 Å². The van der Waals surface area contributed by atoms with Crippen molar-refractivity contribution >= 4 is 11.6 Å². The first-order valence-electron chi connectivity index (χ1n) is 9.98. The number of benzene rings is 2. The summed E-state index contributed by atoms with van der Waals surface area (Å²) in [6, 6.07) is 16.1. The van der Waals surface area contributed by atoms with Gasteiger partial charge in [0.15, 0.2) is 0 Å². The summed E-state index contributed by atoms with van der Waals surface area (Å²) in [4.78, 5) is 11.1. The first kappa shape index (κ1) is 20.6. The van der Waals surface area contributed by atoms with E-state index in [1.165, 1.54) is 17.7 Å². The molecule has 4 rings (SSSR count). The average molecular weight is 418 g/mol. The molecule has 7 nitrogen and oxygen atoms in total. The summed E-state index contributed by atoms with van der Waals surface area (Å²) in [5.41, 5.74) is 4.83. The Hall–Kier alpha value is -3.65. The second kappa shape index (κ2) is 9.01. The number of aryl methyl sites for hydroxylation is 1. The molecule has 0 aliphatic carbocycles. The molecule has 0 N–H and O–H groups in total. The molecule has 0 unspecified atom stereocenters. The summed E-state index contributed by atoms with van der Waals surface area (Å²) in [6.07, 6.45) is 1.70. The van der Waals surface area contributed by atoms with Crippen LogP contribution in [-0.2, 0) is 11.5 Å². The lowest BCUT2D eigenvalue weighted by atomic mass is 10.1. The average Bonchev–Trinajstić information content (AvgIpc) is 3.22. The third-order valence-corrected chi connectivity index (χ3v) is 4.88. The zero-order valence-electron chi connectivity index (χ0n) is 17.7. The highest BCUT2D eigenvalue weighted by Gasteiger charge is 2.19. The van der Waals surface area contributed by atoms with E-state index in [0.717, 1.165) is 11.3 Å². The third kappa shape index (κ3) is 4.44. The molecule has 0 radical (unpaired) electrons. The highest BCUT2D eigenvalue weighted by atomic mass is 19.1. The maximum Gasteiger partial charge on any atom is 0.230 e. The molecule has 2 aromatic carbocycles. The van der Waals surface area contributed by atoms with Gasteiger partial charge in [0.2, 0.25) is 5.95 Å². The minimum atomic E-state index is -0.309. The summed E-state index contributed by atoms with van der Waals surface area (Å²) in [7, 11) is 1.92. The van der Waals surface area contributed by atoms with E-state index in [0.29, 0.717) is 29.6 Å². The molecule has 4 aromatic rings. The standard InChI is InChI=1S/C23H23FN6O/c1-4-31-15-30-22(21(27-28-30)17-7-9-18(24)10-8-17)20-13-14-25-23(26-20)29(3)19-11-5-16(2)6-12-19/h5-14H,4,15H2,1-3H3. The van der Waals surface area contributed by atoms with Gasteiger partial charge in [0.05, 0.1) is 5.69 Å². The van der Waals surface area contributed by atoms with Crippen molar-refractivity contribution in [2.24, 2.45) is 0 Å². The van der Waals surface area contributed by atoms with Crippen LogP contribution in [0.25, 0.3) is 22.6 Å². The zero-order valence-corrected chi connectivity index (χ0v) is 17.7. The van der Waals surface area contributed by atoms with Gasteiger partial charge in [-0.25, -0.2) is 19.0 Å². The van der Waals surface area contributed by atoms with E-state index < -0.39 is 0 Å². The molecule has 0 amide bonds. The Morgan fingerprint density at radius 3 is 2.48 bits per heavy atom. The van der Waals surface area contributed by atoms with Gasteiger partial charge in [-0.2, -0.15) is 0 Å². The Balaban J connectivity index is 1.77. The van der Waals surface area contributed by atoms with Crippen LogP contribution in [0.3, 0.4) is 0 Å². The van der Waals surface area contributed by atoms with Crippen molar-refractivity contribution in [1.82, 2.24) is 25.0 Å². The van der Waals surface area contributed by atoms with Gasteiger partial charge >= 0.3 is 0 Å². The Kier molecular flexibility index (Phi) is 5.99. The van der Waals surface area contributed by atoms with Gasteiger partial charge in [-0.15, -0.1) is 5.10 Å². The van der Waals surface area contributed by atoms with Gasteiger partial charge in [0, 0.05) is 31.1 Å². The number of hydrogen-bond donors (Lipinski definition) is 0. The van der Waals surface area contributed by atoms with E-state index in [2.05, 4.69) is 15.3 Å². The molecular weight excluding hydrogens is 395 g/mol. The monoisotopic (exact) mass is 418 g/mol. The topological polar surface area (TPSA) is 69.0 Å². The number of ether oxygens (including phenoxy) is 1. The van der Waals surface area contributed by atoms with Crippen LogP contribution in [0.5, 0.6) is 0 Å². The highest BCUT2D eigenvalue weighted by Crippen LogP contribution is 2.31. The van der Waals surface area contributed by atoms with Crippen molar-refractivity contribution in [3.05, 3.63) is 72.2 Å². The number of aromatic nitrogens is 5. The van der Waals surface area contributed by atoms with Gasteiger partial charge in [-0.05, 0) is 56.3 Å². The number of nitrogens with zero attached hydrogens (tertiary/aromatic N) is 6. The fourth-order valence-corrected chi connectivity index (χ4v) is 3.16. The van der Waals surface area contributed by atoms with Crippen molar-refractivity contribution in [1.29, 1.82) is 0 Å². The predicted octanol–water partition coefficient (Wildman–Crippen LogP) is 4.61. The van der Waals surface area contributed by atoms with Gasteiger partial charge in [0.1, 0.15) is 23.9 Å². The number of hydrogen-bond acceptors (Lipinski definition) is 6. The lowest BCUT2D eigenvalue weighted by Gasteiger charge is -2.18. The summed E-state index contributed by atoms with van der Waals surface area (Å²) in [6.45, 7) is 4.73. The van der Waals surface area contributed by atoms with E-state index in [9.17, 15) is 4.39 Å². The van der Waals surface area contributed by atoms with Crippen molar-refractivity contribution in [3.8, 4) is 22.6 Å². The Morgan fingerprint density at radius 1 is 1.03 bits per heavy atom. The predicted molar refractivity (Wildman–Crippen MR) is 117 cm³/mol. The molecule has 0 spiro atoms. The molecule has 0 fully saturated rings. The molecule has 158 valence electrons. The van der Waals surface area contributed by atoms with Crippen molar-refractivity contribution in [3.63, 3.8) is 0 Å². The van der Waals surface area contributed by atoms with Crippen LogP contribution in [0, 0.1) is 12.7 Å². The maximum atomic E-state index is 13.4. The first-order valence-corrected chi connectivity index (χ1v) is 9.98. The molecule has 0 saturated carbocycles. The summed E-state index contributed by atoms with van der Waals surface area (Å²) in [5, 5.41) is 8.57. The van der Waals surface area contributed by atoms with Crippen LogP contribution in [0.15, 0.2) is 60.8 Å². The molecular formula is C23H23FN6O. The zero-order chi connectivity index (χ0) is 21.8. The van der Waals surface area contributed by atoms with Gasteiger partial charge in [-0.3, -0.25) is 0 Å². The molecule has 0 atom stereocenters. The van der Waals surface area contributed by atoms with Gasteiger partial charge < -0.3 is 9.64 Å². The molecule has 0 saturated heterocycles. The van der Waals surface area contributed by atoms with Gasteiger partial charge in [0.25, 0.3) is 0 Å². The second-order valence-corrected chi connectivity index (χ2v) is 7.05. The minimum absolute atomic E-state index is 0.229. The number of anilines is 2. The molecule has 2 aromatic heterocycles. The fourth-order valence-electron chi connectivity index (χ4n) is 3.16. The maximum absolute atomic E-state index is 13.4. The normalized spacial score (nSPS) is 11.0. The second-order valence-electron chi connectivity index (χ2n) is 7.05. The van der Waals surface area contributed by atoms with E-state index in [1.54, 1.807) is 29.1 Å². The van der Waals surface area contributed by atoms with Crippen molar-refractivity contribution < 1.29 is 9.13 Å². The largest absolute Gasteiger partial charge is 0.359 e. The Morgan fingerprint density at radius 2 is 1.77 bits per heavy atom. The third-order valence-electron chi connectivity index (χ3n) is 4.88. The molecule has 31 heavy (non-hydrogen) atoms. The van der Waals surface area contributed by atoms with E-state index >= 15 is 0 Å². The number of halogens is 1. The molecule has 0 aliphatic rings. The lowest BCUT2D eigenvalue weighted by molar-refractivity contribution is 0.0790. The molecule has 0 bridgehead atoms. The van der Waals surface area contributed by atoms with Crippen molar-refractivity contribution in [2.75, 3.05) is 18.6 Å². The SMILES string of the molecule is CCOCn1nnc(-c2ccc(F)cc2)c1-c1ccnc(N(C)c2ccc(C)cc2)n1. The minimum Gasteiger partial charge on any atom is -0.359 e. The van der Waals surface area contributed by atoms with E-state index in [1.807, 2.05) is 50.1 Å². The first-order chi connectivity index (χ1) is 15.1. The lowest BCUT2D eigenvalue weighted by Crippen LogP contribution is -2.14. The smallest absolute Gasteiger partial charge is 0.230 e. The molecule has 8 heteroatoms. The summed E-state index contributed by atoms with van der Waals surface area (Å²) >= 11 is 0. The van der Waals surface area contributed by atoms with Crippen LogP contribution >= 0.6 is 0 Å². The number of rotatable bonds is 7. The molecule has 2 heterocycles. The van der Waals surface area contributed by atoms with Crippen LogP contribution < -0.4 is 4.90 Å². The van der Waals surface area contributed by atoms with Crippen molar-refractivity contribution in [2.45, 2.75) is 20.6 Å². The van der Waals surface area contributed by atoms with Crippen LogP contribution in [-0.4, -0.2) is 38.6 Å². The Labute approximate surface area is 180 Å². The Bertz CT molecular complexity index is 1160. The quantitative estimate of drug-likeness (QED) is 0.437. The molecule has 0 aliphatic heterocycles. The van der Waals surface area contributed by atoms with E-state index in [4.69, 9.17) is 9.72 Å². The summed E-state index contributed by atoms with van der Waals surface area (Å²) in [5.74, 6) is 0.228. The van der Waals surface area contributed by atoms with E-state index in [-0.39, 0.29) is 12.5 Å². The summed E-state index contributed by atoms with van der Waals surface area (Å²) < 4.78 is 20.6.